The Labute approximate surface area is 186 Å². The van der Waals surface area contributed by atoms with Crippen molar-refractivity contribution in [2.75, 3.05) is 19.0 Å². The number of nitrogens with one attached hydrogen (secondary N) is 1. The summed E-state index contributed by atoms with van der Waals surface area (Å²) < 4.78 is 7.13. The molecule has 2 aromatic rings. The van der Waals surface area contributed by atoms with E-state index in [-0.39, 0.29) is 16.7 Å². The van der Waals surface area contributed by atoms with E-state index in [2.05, 4.69) is 5.32 Å². The van der Waals surface area contributed by atoms with Crippen molar-refractivity contribution in [1.29, 1.82) is 0 Å². The number of ether oxygens (including phenoxy) is 1. The molecular formula is C23H28N4O5. The molecule has 1 saturated carbocycles. The van der Waals surface area contributed by atoms with Crippen LogP contribution in [-0.4, -0.2) is 39.5 Å². The van der Waals surface area contributed by atoms with Crippen molar-refractivity contribution in [2.45, 2.75) is 50.4 Å². The van der Waals surface area contributed by atoms with Gasteiger partial charge in [0.1, 0.15) is 5.82 Å². The topological polar surface area (TPSA) is 120 Å². The van der Waals surface area contributed by atoms with Crippen LogP contribution in [0.15, 0.2) is 35.5 Å². The van der Waals surface area contributed by atoms with Gasteiger partial charge in [-0.15, -0.1) is 0 Å². The van der Waals surface area contributed by atoms with Gasteiger partial charge in [-0.05, 0) is 26.2 Å². The zero-order valence-corrected chi connectivity index (χ0v) is 18.6. The maximum atomic E-state index is 12.4. The summed E-state index contributed by atoms with van der Waals surface area (Å²) in [7, 11) is 3.49. The summed E-state index contributed by atoms with van der Waals surface area (Å²) in [5.74, 6) is -1.21. The largest absolute Gasteiger partial charge is 0.478 e. The van der Waals surface area contributed by atoms with Gasteiger partial charge in [-0.25, -0.2) is 4.79 Å². The van der Waals surface area contributed by atoms with Crippen LogP contribution in [-0.2, 0) is 22.0 Å². The quantitative estimate of drug-likeness (QED) is 0.491. The van der Waals surface area contributed by atoms with Crippen LogP contribution in [0.3, 0.4) is 0 Å². The van der Waals surface area contributed by atoms with Gasteiger partial charge < -0.3 is 15.2 Å². The lowest BCUT2D eigenvalue weighted by molar-refractivity contribution is -0.385. The standard InChI is InChI=1S/C23H28N4O5/c1-14-17(22(28)29)18(15-8-4-5-9-16(15)27(30)31)19-20(25-26(2)21(19)24-14)23(12-13-32-3)10-6-7-11-23/h4-5,8-9,18,24H,6-7,10-13H2,1-3H3,(H,28,29). The fraction of sp³-hybridized carbons (Fsp3) is 0.478. The minimum absolute atomic E-state index is 0.0935. The fourth-order valence-corrected chi connectivity index (χ4v) is 5.41. The van der Waals surface area contributed by atoms with E-state index >= 15 is 0 Å². The number of hydrogen-bond donors (Lipinski definition) is 2. The molecule has 2 N–H and O–H groups in total. The van der Waals surface area contributed by atoms with Crippen LogP contribution < -0.4 is 5.32 Å². The average molecular weight is 441 g/mol. The number of methoxy groups -OCH3 is 1. The van der Waals surface area contributed by atoms with Gasteiger partial charge in [-0.2, -0.15) is 5.10 Å². The van der Waals surface area contributed by atoms with E-state index in [1.807, 2.05) is 7.05 Å². The molecule has 4 rings (SSSR count). The Morgan fingerprint density at radius 2 is 2.06 bits per heavy atom. The van der Waals surface area contributed by atoms with Crippen LogP contribution in [0.25, 0.3) is 0 Å². The van der Waals surface area contributed by atoms with E-state index in [4.69, 9.17) is 9.84 Å². The van der Waals surface area contributed by atoms with Gasteiger partial charge in [0.15, 0.2) is 0 Å². The SMILES string of the molecule is COCCC1(c2nn(C)c3c2C(c2ccccc2[N+](=O)[O-])C(C(=O)O)=C(C)N3)CCCC1. The highest BCUT2D eigenvalue weighted by atomic mass is 16.6. The molecule has 1 unspecified atom stereocenters. The molecule has 1 fully saturated rings. The zero-order chi connectivity index (χ0) is 23.0. The van der Waals surface area contributed by atoms with Crippen molar-refractivity contribution in [2.24, 2.45) is 7.05 Å². The predicted octanol–water partition coefficient (Wildman–Crippen LogP) is 4.09. The Hall–Kier alpha value is -3.20. The lowest BCUT2D eigenvalue weighted by Crippen LogP contribution is -2.29. The third-order valence-corrected chi connectivity index (χ3v) is 6.89. The fourth-order valence-electron chi connectivity index (χ4n) is 5.41. The normalized spacial score (nSPS) is 19.5. The lowest BCUT2D eigenvalue weighted by Gasteiger charge is -2.33. The number of anilines is 1. The number of fused-ring (bicyclic) bond motifs is 1. The summed E-state index contributed by atoms with van der Waals surface area (Å²) in [6.45, 7) is 2.26. The number of hydrogen-bond acceptors (Lipinski definition) is 6. The minimum Gasteiger partial charge on any atom is -0.478 e. The maximum absolute atomic E-state index is 12.4. The number of carboxylic acids is 1. The average Bonchev–Trinajstić information content (AvgIpc) is 3.37. The number of benzene rings is 1. The summed E-state index contributed by atoms with van der Waals surface area (Å²) in [6, 6.07) is 6.40. The predicted molar refractivity (Wildman–Crippen MR) is 119 cm³/mol. The van der Waals surface area contributed by atoms with Gasteiger partial charge in [0, 0.05) is 49.1 Å². The third-order valence-electron chi connectivity index (χ3n) is 6.89. The Morgan fingerprint density at radius 1 is 1.38 bits per heavy atom. The molecule has 0 saturated heterocycles. The van der Waals surface area contributed by atoms with Crippen molar-refractivity contribution in [3.8, 4) is 0 Å². The maximum Gasteiger partial charge on any atom is 0.334 e. The van der Waals surface area contributed by atoms with E-state index in [0.29, 0.717) is 23.7 Å². The number of rotatable bonds is 7. The van der Waals surface area contributed by atoms with E-state index in [9.17, 15) is 20.0 Å². The molecule has 1 aromatic carbocycles. The molecule has 32 heavy (non-hydrogen) atoms. The Kier molecular flexibility index (Phi) is 5.77. The van der Waals surface area contributed by atoms with Crippen LogP contribution in [0.1, 0.15) is 61.8 Å². The number of carbonyl (C=O) groups is 1. The van der Waals surface area contributed by atoms with E-state index in [1.54, 1.807) is 36.9 Å². The number of nitrogens with zero attached hydrogens (tertiary/aromatic N) is 3. The summed E-state index contributed by atoms with van der Waals surface area (Å²) in [6.07, 6.45) is 4.73. The lowest BCUT2D eigenvalue weighted by atomic mass is 9.72. The van der Waals surface area contributed by atoms with Gasteiger partial charge >= 0.3 is 5.97 Å². The number of para-hydroxylation sites is 1. The summed E-state index contributed by atoms with van der Waals surface area (Å²) in [5, 5.41) is 30.1. The molecular weight excluding hydrogens is 412 g/mol. The Morgan fingerprint density at radius 3 is 2.69 bits per heavy atom. The van der Waals surface area contributed by atoms with Crippen LogP contribution in [0.4, 0.5) is 11.5 Å². The molecule has 0 bridgehead atoms. The smallest absolute Gasteiger partial charge is 0.334 e. The molecule has 2 aliphatic rings. The molecule has 9 nitrogen and oxygen atoms in total. The van der Waals surface area contributed by atoms with Crippen LogP contribution in [0, 0.1) is 10.1 Å². The van der Waals surface area contributed by atoms with E-state index < -0.39 is 16.8 Å². The highest BCUT2D eigenvalue weighted by Crippen LogP contribution is 2.52. The molecule has 1 aromatic heterocycles. The van der Waals surface area contributed by atoms with Crippen molar-refractivity contribution in [3.63, 3.8) is 0 Å². The number of aryl methyl sites for hydroxylation is 1. The highest BCUT2D eigenvalue weighted by molar-refractivity contribution is 5.93. The highest BCUT2D eigenvalue weighted by Gasteiger charge is 2.46. The molecule has 1 atom stereocenters. The molecule has 170 valence electrons. The monoisotopic (exact) mass is 440 g/mol. The number of nitro benzene ring substituents is 1. The first-order valence-corrected chi connectivity index (χ1v) is 10.8. The number of aliphatic carboxylic acids is 1. The van der Waals surface area contributed by atoms with Gasteiger partial charge in [0.25, 0.3) is 5.69 Å². The van der Waals surface area contributed by atoms with Crippen molar-refractivity contribution < 1.29 is 19.6 Å². The van der Waals surface area contributed by atoms with E-state index in [1.165, 1.54) is 6.07 Å². The molecule has 1 aliphatic carbocycles. The number of aromatic nitrogens is 2. The molecule has 0 spiro atoms. The molecule has 1 aliphatic heterocycles. The van der Waals surface area contributed by atoms with Gasteiger partial charge in [0.05, 0.1) is 22.1 Å². The van der Waals surface area contributed by atoms with E-state index in [0.717, 1.165) is 43.4 Å². The van der Waals surface area contributed by atoms with Gasteiger partial charge in [-0.1, -0.05) is 31.0 Å². The second-order valence-corrected chi connectivity index (χ2v) is 8.68. The Balaban J connectivity index is 2.01. The first-order valence-electron chi connectivity index (χ1n) is 10.8. The second-order valence-electron chi connectivity index (χ2n) is 8.68. The van der Waals surface area contributed by atoms with Crippen LogP contribution >= 0.6 is 0 Å². The number of carboxylic acid groups (broad SMARTS) is 1. The first kappa shape index (κ1) is 22.0. The van der Waals surface area contributed by atoms with Crippen LogP contribution in [0.5, 0.6) is 0 Å². The summed E-state index contributed by atoms with van der Waals surface area (Å²) >= 11 is 0. The summed E-state index contributed by atoms with van der Waals surface area (Å²) in [5.41, 5.74) is 2.14. The Bertz CT molecular complexity index is 1100. The van der Waals surface area contributed by atoms with Crippen LogP contribution in [0.2, 0.25) is 0 Å². The van der Waals surface area contributed by atoms with Gasteiger partial charge in [0.2, 0.25) is 0 Å². The van der Waals surface area contributed by atoms with Gasteiger partial charge in [-0.3, -0.25) is 14.8 Å². The minimum atomic E-state index is -1.10. The second kappa shape index (κ2) is 8.38. The molecule has 9 heteroatoms. The summed E-state index contributed by atoms with van der Waals surface area (Å²) in [4.78, 5) is 23.8. The van der Waals surface area contributed by atoms with Crippen molar-refractivity contribution >= 4 is 17.5 Å². The van der Waals surface area contributed by atoms with Crippen molar-refractivity contribution in [3.05, 3.63) is 62.5 Å². The van der Waals surface area contributed by atoms with Crippen molar-refractivity contribution in [1.82, 2.24) is 9.78 Å². The zero-order valence-electron chi connectivity index (χ0n) is 18.6. The molecule has 0 amide bonds. The first-order chi connectivity index (χ1) is 15.3. The molecule has 2 heterocycles. The number of nitro groups is 1. The molecule has 0 radical (unpaired) electrons. The third kappa shape index (κ3) is 3.46. The number of allylic oxidation sites excluding steroid dienone is 1.